The predicted molar refractivity (Wildman–Crippen MR) is 131 cm³/mol. The second kappa shape index (κ2) is 10.0. The first kappa shape index (κ1) is 24.5. The number of carbonyl (C=O) groups excluding carboxylic acids is 1. The lowest BCUT2D eigenvalue weighted by Gasteiger charge is -2.28. The maximum atomic E-state index is 12.4. The van der Waals surface area contributed by atoms with Crippen LogP contribution in [-0.4, -0.2) is 47.7 Å². The molecule has 190 valence electrons. The van der Waals surface area contributed by atoms with Gasteiger partial charge < -0.3 is 14.3 Å². The van der Waals surface area contributed by atoms with Crippen molar-refractivity contribution >= 4 is 17.8 Å². The van der Waals surface area contributed by atoms with Crippen LogP contribution in [0, 0.1) is 0 Å². The van der Waals surface area contributed by atoms with Gasteiger partial charge in [-0.2, -0.15) is 0 Å². The van der Waals surface area contributed by atoms with Gasteiger partial charge in [-0.15, -0.1) is 15.3 Å². The summed E-state index contributed by atoms with van der Waals surface area (Å²) in [6.45, 7) is 5.99. The Morgan fingerprint density at radius 2 is 1.89 bits per heavy atom. The van der Waals surface area contributed by atoms with E-state index in [1.165, 1.54) is 5.06 Å². The summed E-state index contributed by atoms with van der Waals surface area (Å²) < 4.78 is 13.4. The lowest BCUT2D eigenvalue weighted by atomic mass is 9.86. The van der Waals surface area contributed by atoms with E-state index in [1.807, 2.05) is 18.2 Å². The molecule has 1 fully saturated rings. The first-order valence-electron chi connectivity index (χ1n) is 12.1. The third-order valence-corrected chi connectivity index (χ3v) is 6.40. The van der Waals surface area contributed by atoms with Gasteiger partial charge in [0.15, 0.2) is 5.82 Å². The molecular weight excluding hydrogens is 484 g/mol. The van der Waals surface area contributed by atoms with Crippen LogP contribution in [0.25, 0.3) is 5.69 Å². The molecule has 2 aromatic heterocycles. The number of halogens is 1. The average molecular weight is 513 g/mol. The summed E-state index contributed by atoms with van der Waals surface area (Å²) in [5.74, 6) is 2.35. The molecule has 36 heavy (non-hydrogen) atoms. The van der Waals surface area contributed by atoms with E-state index in [0.717, 1.165) is 42.8 Å². The Morgan fingerprint density at radius 1 is 1.08 bits per heavy atom. The number of hydroxylamine groups is 2. The minimum atomic E-state index is -0.763. The molecule has 3 heterocycles. The molecule has 2 aliphatic rings. The molecule has 0 bridgehead atoms. The van der Waals surface area contributed by atoms with E-state index >= 15 is 0 Å². The highest BCUT2D eigenvalue weighted by Crippen LogP contribution is 2.37. The van der Waals surface area contributed by atoms with E-state index < -0.39 is 11.8 Å². The molecule has 0 N–H and O–H groups in total. The molecule has 1 aromatic carbocycles. The molecule has 0 unspecified atom stereocenters. The normalized spacial score (nSPS) is 20.1. The van der Waals surface area contributed by atoms with Crippen molar-refractivity contribution in [1.29, 1.82) is 0 Å². The van der Waals surface area contributed by atoms with Gasteiger partial charge >= 0.3 is 6.16 Å². The lowest BCUT2D eigenvalue weighted by molar-refractivity contribution is -0.155. The molecule has 1 aliphatic carbocycles. The fourth-order valence-electron chi connectivity index (χ4n) is 4.66. The van der Waals surface area contributed by atoms with Crippen molar-refractivity contribution in [2.24, 2.45) is 0 Å². The maximum absolute atomic E-state index is 12.4. The van der Waals surface area contributed by atoms with E-state index in [-0.39, 0.29) is 18.6 Å². The van der Waals surface area contributed by atoms with Crippen LogP contribution >= 0.6 is 11.6 Å². The van der Waals surface area contributed by atoms with Gasteiger partial charge in [-0.25, -0.2) is 9.78 Å². The molecule has 0 atom stereocenters. The van der Waals surface area contributed by atoms with E-state index in [0.29, 0.717) is 23.3 Å². The topological polar surface area (TPSA) is 104 Å². The van der Waals surface area contributed by atoms with Crippen LogP contribution in [0.5, 0.6) is 5.88 Å². The van der Waals surface area contributed by atoms with Crippen LogP contribution in [-0.2, 0) is 22.7 Å². The summed E-state index contributed by atoms with van der Waals surface area (Å²) in [6.07, 6.45) is 7.80. The van der Waals surface area contributed by atoms with Crippen LogP contribution < -0.4 is 4.74 Å². The highest BCUT2D eigenvalue weighted by Gasteiger charge is 2.32. The summed E-state index contributed by atoms with van der Waals surface area (Å²) in [7, 11) is 0. The highest BCUT2D eigenvalue weighted by atomic mass is 35.5. The zero-order valence-corrected chi connectivity index (χ0v) is 21.3. The summed E-state index contributed by atoms with van der Waals surface area (Å²) >= 11 is 6.33. The van der Waals surface area contributed by atoms with Gasteiger partial charge in [0.2, 0.25) is 5.88 Å². The zero-order chi connectivity index (χ0) is 25.3. The van der Waals surface area contributed by atoms with Gasteiger partial charge in [0, 0.05) is 23.3 Å². The van der Waals surface area contributed by atoms with E-state index in [4.69, 9.17) is 25.9 Å². The van der Waals surface area contributed by atoms with Crippen molar-refractivity contribution in [3.05, 3.63) is 59.0 Å². The number of nitrogens with zero attached hydrogens (tertiary/aromatic N) is 6. The molecule has 5 rings (SSSR count). The van der Waals surface area contributed by atoms with E-state index in [2.05, 4.69) is 24.7 Å². The first-order chi connectivity index (χ1) is 17.2. The van der Waals surface area contributed by atoms with Crippen molar-refractivity contribution < 1.29 is 19.1 Å². The number of aromatic nitrogens is 5. The molecule has 11 heteroatoms. The Kier molecular flexibility index (Phi) is 6.81. The number of benzene rings is 1. The van der Waals surface area contributed by atoms with Crippen molar-refractivity contribution in [2.75, 3.05) is 0 Å². The van der Waals surface area contributed by atoms with Gasteiger partial charge in [0.05, 0.1) is 25.0 Å². The second-order valence-corrected chi connectivity index (χ2v) is 10.5. The van der Waals surface area contributed by atoms with E-state index in [1.54, 1.807) is 39.4 Å². The largest absolute Gasteiger partial charge is 0.528 e. The van der Waals surface area contributed by atoms with Gasteiger partial charge in [0.25, 0.3) is 0 Å². The number of hydrogen-bond donors (Lipinski definition) is 0. The zero-order valence-electron chi connectivity index (χ0n) is 20.6. The first-order valence-corrected chi connectivity index (χ1v) is 12.4. The van der Waals surface area contributed by atoms with Gasteiger partial charge in [-0.05, 0) is 70.2 Å². The van der Waals surface area contributed by atoms with Crippen molar-refractivity contribution in [3.8, 4) is 11.6 Å². The standard InChI is InChI=1S/C25H29ClN6O4/c1-25(2,3)35-24(33)36-31-14-17-12-18(26)6-9-20(17)32-21(15-31)29-30-23(32)16-4-7-19(8-5-16)34-22-13-27-10-11-28-22/h6,9-13,16,19H,4-5,7-8,14-15H2,1-3H3. The minimum absolute atomic E-state index is 0.0910. The van der Waals surface area contributed by atoms with Crippen molar-refractivity contribution in [2.45, 2.75) is 77.2 Å². The number of hydrogen-bond acceptors (Lipinski definition) is 9. The summed E-state index contributed by atoms with van der Waals surface area (Å²) in [5, 5.41) is 11.2. The molecule has 3 aromatic rings. The molecule has 0 amide bonds. The number of carbonyl (C=O) groups is 1. The Labute approximate surface area is 214 Å². The van der Waals surface area contributed by atoms with Crippen LogP contribution in [0.4, 0.5) is 4.79 Å². The molecular formula is C25H29ClN6O4. The van der Waals surface area contributed by atoms with E-state index in [9.17, 15) is 4.79 Å². The molecule has 0 saturated heterocycles. The average Bonchev–Trinajstić information content (AvgIpc) is 3.15. The Bertz CT molecular complexity index is 1220. The Hall–Kier alpha value is -3.24. The monoisotopic (exact) mass is 512 g/mol. The lowest BCUT2D eigenvalue weighted by Crippen LogP contribution is -2.31. The third-order valence-electron chi connectivity index (χ3n) is 6.16. The van der Waals surface area contributed by atoms with Gasteiger partial charge in [-0.3, -0.25) is 9.55 Å². The Balaban J connectivity index is 1.36. The number of rotatable bonds is 4. The van der Waals surface area contributed by atoms with Crippen LogP contribution in [0.15, 0.2) is 36.8 Å². The molecule has 1 saturated carbocycles. The van der Waals surface area contributed by atoms with Crippen molar-refractivity contribution in [1.82, 2.24) is 29.8 Å². The Morgan fingerprint density at radius 3 is 2.61 bits per heavy atom. The fraction of sp³-hybridized carbons (Fsp3) is 0.480. The second-order valence-electron chi connectivity index (χ2n) is 10.1. The fourth-order valence-corrected chi connectivity index (χ4v) is 4.85. The minimum Gasteiger partial charge on any atom is -0.473 e. The SMILES string of the molecule is CC(C)(C)OC(=O)ON1Cc2cc(Cl)ccc2-n2c(nnc2C2CCC(Oc3cnccn3)CC2)C1. The number of ether oxygens (including phenoxy) is 2. The van der Waals surface area contributed by atoms with Gasteiger partial charge in [0.1, 0.15) is 17.5 Å². The molecule has 0 radical (unpaired) electrons. The van der Waals surface area contributed by atoms with Gasteiger partial charge in [-0.1, -0.05) is 11.6 Å². The van der Waals surface area contributed by atoms with Crippen molar-refractivity contribution in [3.63, 3.8) is 0 Å². The van der Waals surface area contributed by atoms with Crippen LogP contribution in [0.3, 0.4) is 0 Å². The number of fused-ring (bicyclic) bond motifs is 3. The maximum Gasteiger partial charge on any atom is 0.528 e. The smallest absolute Gasteiger partial charge is 0.473 e. The summed E-state index contributed by atoms with van der Waals surface area (Å²) in [6, 6.07) is 5.70. The third kappa shape index (κ3) is 5.60. The van der Waals surface area contributed by atoms with Crippen LogP contribution in [0.1, 0.15) is 69.6 Å². The summed E-state index contributed by atoms with van der Waals surface area (Å²) in [5.41, 5.74) is 1.18. The molecule has 0 spiro atoms. The molecule has 1 aliphatic heterocycles. The molecule has 10 nitrogen and oxygen atoms in total. The quantitative estimate of drug-likeness (QED) is 0.446. The highest BCUT2D eigenvalue weighted by molar-refractivity contribution is 6.30. The van der Waals surface area contributed by atoms with Crippen LogP contribution in [0.2, 0.25) is 5.02 Å². The summed E-state index contributed by atoms with van der Waals surface area (Å²) in [4.78, 5) is 26.2. The predicted octanol–water partition coefficient (Wildman–Crippen LogP) is 5.00.